The lowest BCUT2D eigenvalue weighted by Gasteiger charge is -2.13. The van der Waals surface area contributed by atoms with Gasteiger partial charge in [0.15, 0.2) is 11.5 Å². The number of rotatable bonds is 11. The summed E-state index contributed by atoms with van der Waals surface area (Å²) in [4.78, 5) is 0. The van der Waals surface area contributed by atoms with Crippen LogP contribution in [0.25, 0.3) is 5.69 Å². The number of para-hydroxylation sites is 1. The molecule has 10 heteroatoms. The molecule has 0 unspecified atom stereocenters. The number of ether oxygens (including phenoxy) is 2. The van der Waals surface area contributed by atoms with E-state index in [4.69, 9.17) is 21.1 Å². The quantitative estimate of drug-likeness (QED) is 0.216. The highest BCUT2D eigenvalue weighted by Gasteiger charge is 2.09. The lowest BCUT2D eigenvalue weighted by atomic mass is 10.2. The fraction of sp³-hybridized carbons (Fsp3) is 0.208. The fourth-order valence-corrected chi connectivity index (χ4v) is 4.04. The standard InChI is InChI=1S/C24H24ClN5O2S.ClH/c1-31-23-15-19(9-12-22(23)32-17-18-7-10-20(25)11-8-18)16-26-13-14-33-24-27-28-29-30(24)21-5-3-2-4-6-21;/h2-12,15,26H,13-14,16-17H2,1H3;1H. The molecular weight excluding hydrogens is 493 g/mol. The molecule has 1 N–H and O–H groups in total. The van der Waals surface area contributed by atoms with E-state index in [9.17, 15) is 0 Å². The Kier molecular flexibility index (Phi) is 10.0. The number of thioether (sulfide) groups is 1. The monoisotopic (exact) mass is 517 g/mol. The highest BCUT2D eigenvalue weighted by atomic mass is 35.5. The summed E-state index contributed by atoms with van der Waals surface area (Å²) in [5.41, 5.74) is 3.11. The van der Waals surface area contributed by atoms with Crippen molar-refractivity contribution in [1.82, 2.24) is 25.5 Å². The second-order valence-electron chi connectivity index (χ2n) is 7.13. The van der Waals surface area contributed by atoms with Crippen molar-refractivity contribution < 1.29 is 9.47 Å². The lowest BCUT2D eigenvalue weighted by Crippen LogP contribution is -2.17. The first-order valence-electron chi connectivity index (χ1n) is 10.4. The number of nitrogens with zero attached hydrogens (tertiary/aromatic N) is 4. The summed E-state index contributed by atoms with van der Waals surface area (Å²) in [6.45, 7) is 1.98. The molecule has 0 saturated heterocycles. The Hall–Kier alpha value is -2.78. The lowest BCUT2D eigenvalue weighted by molar-refractivity contribution is 0.284. The highest BCUT2D eigenvalue weighted by Crippen LogP contribution is 2.29. The first-order chi connectivity index (χ1) is 16.2. The third kappa shape index (κ3) is 7.11. The largest absolute Gasteiger partial charge is 0.493 e. The number of hydrogen-bond donors (Lipinski definition) is 1. The minimum Gasteiger partial charge on any atom is -0.493 e. The summed E-state index contributed by atoms with van der Waals surface area (Å²) < 4.78 is 13.2. The van der Waals surface area contributed by atoms with Crippen LogP contribution in [0, 0.1) is 0 Å². The number of nitrogens with one attached hydrogen (secondary N) is 1. The van der Waals surface area contributed by atoms with Gasteiger partial charge in [-0.05, 0) is 58.0 Å². The second-order valence-corrected chi connectivity index (χ2v) is 8.63. The maximum Gasteiger partial charge on any atom is 0.214 e. The van der Waals surface area contributed by atoms with Crippen molar-refractivity contribution in [1.29, 1.82) is 0 Å². The molecule has 3 aromatic carbocycles. The molecule has 0 saturated carbocycles. The van der Waals surface area contributed by atoms with Crippen molar-refractivity contribution in [2.45, 2.75) is 18.3 Å². The Balaban J connectivity index is 0.00000324. The maximum absolute atomic E-state index is 5.94. The van der Waals surface area contributed by atoms with Gasteiger partial charge in [-0.1, -0.05) is 59.8 Å². The van der Waals surface area contributed by atoms with E-state index >= 15 is 0 Å². The van der Waals surface area contributed by atoms with Gasteiger partial charge in [-0.2, -0.15) is 4.68 Å². The molecule has 4 aromatic rings. The van der Waals surface area contributed by atoms with Crippen LogP contribution in [0.15, 0.2) is 78.0 Å². The van der Waals surface area contributed by atoms with Gasteiger partial charge in [0.1, 0.15) is 6.61 Å². The molecule has 0 bridgehead atoms. The molecule has 0 aliphatic carbocycles. The van der Waals surface area contributed by atoms with Gasteiger partial charge in [-0.25, -0.2) is 0 Å². The molecule has 178 valence electrons. The molecule has 0 fully saturated rings. The van der Waals surface area contributed by atoms with Crippen LogP contribution in [0.2, 0.25) is 5.02 Å². The minimum atomic E-state index is 0. The molecule has 0 spiro atoms. The van der Waals surface area contributed by atoms with Gasteiger partial charge >= 0.3 is 0 Å². The van der Waals surface area contributed by atoms with E-state index in [1.807, 2.05) is 72.8 Å². The zero-order chi connectivity index (χ0) is 22.9. The fourth-order valence-electron chi connectivity index (χ4n) is 3.13. The summed E-state index contributed by atoms with van der Waals surface area (Å²) in [5.74, 6) is 2.26. The summed E-state index contributed by atoms with van der Waals surface area (Å²) in [6.07, 6.45) is 0. The van der Waals surface area contributed by atoms with Gasteiger partial charge in [0.05, 0.1) is 12.8 Å². The van der Waals surface area contributed by atoms with E-state index in [0.29, 0.717) is 23.1 Å². The Morgan fingerprint density at radius 3 is 2.50 bits per heavy atom. The van der Waals surface area contributed by atoms with Crippen molar-refractivity contribution in [2.75, 3.05) is 19.4 Å². The number of aromatic nitrogens is 4. The second kappa shape index (κ2) is 13.2. The summed E-state index contributed by atoms with van der Waals surface area (Å²) in [6, 6.07) is 23.4. The molecule has 0 aliphatic rings. The van der Waals surface area contributed by atoms with Crippen molar-refractivity contribution in [3.8, 4) is 17.2 Å². The Morgan fingerprint density at radius 2 is 1.74 bits per heavy atom. The van der Waals surface area contributed by atoms with Crippen LogP contribution in [0.1, 0.15) is 11.1 Å². The van der Waals surface area contributed by atoms with Crippen LogP contribution in [0.4, 0.5) is 0 Å². The molecule has 1 aromatic heterocycles. The van der Waals surface area contributed by atoms with Crippen molar-refractivity contribution in [2.24, 2.45) is 0 Å². The van der Waals surface area contributed by atoms with Crippen LogP contribution in [0.3, 0.4) is 0 Å². The Bertz CT molecular complexity index is 1160. The smallest absolute Gasteiger partial charge is 0.214 e. The molecular formula is C24H25Cl2N5O2S. The zero-order valence-electron chi connectivity index (χ0n) is 18.6. The van der Waals surface area contributed by atoms with Gasteiger partial charge < -0.3 is 14.8 Å². The van der Waals surface area contributed by atoms with Crippen LogP contribution in [-0.2, 0) is 13.2 Å². The normalized spacial score (nSPS) is 10.5. The number of halogens is 2. The van der Waals surface area contributed by atoms with E-state index in [0.717, 1.165) is 40.8 Å². The third-order valence-corrected chi connectivity index (χ3v) is 5.99. The van der Waals surface area contributed by atoms with Crippen molar-refractivity contribution in [3.63, 3.8) is 0 Å². The first kappa shape index (κ1) is 25.8. The molecule has 0 amide bonds. The Labute approximate surface area is 214 Å². The van der Waals surface area contributed by atoms with Gasteiger partial charge in [-0.15, -0.1) is 17.5 Å². The van der Waals surface area contributed by atoms with Crippen LogP contribution < -0.4 is 14.8 Å². The van der Waals surface area contributed by atoms with Crippen LogP contribution in [0.5, 0.6) is 11.5 Å². The number of hydrogen-bond acceptors (Lipinski definition) is 7. The van der Waals surface area contributed by atoms with Crippen LogP contribution in [-0.4, -0.2) is 39.6 Å². The van der Waals surface area contributed by atoms with Gasteiger partial charge in [0, 0.05) is 23.9 Å². The SMILES string of the molecule is COc1cc(CNCCSc2nnnn2-c2ccccc2)ccc1OCc1ccc(Cl)cc1.Cl. The van der Waals surface area contributed by atoms with Crippen LogP contribution >= 0.6 is 35.8 Å². The average Bonchev–Trinajstić information content (AvgIpc) is 3.33. The van der Waals surface area contributed by atoms with Crippen molar-refractivity contribution >= 4 is 35.8 Å². The number of benzene rings is 3. The third-order valence-electron chi connectivity index (χ3n) is 4.82. The predicted molar refractivity (Wildman–Crippen MR) is 138 cm³/mol. The predicted octanol–water partition coefficient (Wildman–Crippen LogP) is 5.21. The molecule has 1 heterocycles. The van der Waals surface area contributed by atoms with E-state index < -0.39 is 0 Å². The number of methoxy groups -OCH3 is 1. The first-order valence-corrected chi connectivity index (χ1v) is 11.8. The van der Waals surface area contributed by atoms with E-state index in [2.05, 4.69) is 20.8 Å². The van der Waals surface area contributed by atoms with E-state index in [1.165, 1.54) is 0 Å². The summed E-state index contributed by atoms with van der Waals surface area (Å²) >= 11 is 7.55. The molecule has 4 rings (SSSR count). The molecule has 0 aliphatic heterocycles. The van der Waals surface area contributed by atoms with E-state index in [1.54, 1.807) is 23.6 Å². The Morgan fingerprint density at radius 1 is 0.971 bits per heavy atom. The number of tetrazole rings is 1. The summed E-state index contributed by atoms with van der Waals surface area (Å²) in [5, 5.41) is 16.9. The highest BCUT2D eigenvalue weighted by molar-refractivity contribution is 7.99. The minimum absolute atomic E-state index is 0. The maximum atomic E-state index is 5.94. The zero-order valence-corrected chi connectivity index (χ0v) is 20.9. The topological polar surface area (TPSA) is 74.1 Å². The van der Waals surface area contributed by atoms with Crippen molar-refractivity contribution in [3.05, 3.63) is 88.9 Å². The van der Waals surface area contributed by atoms with E-state index in [-0.39, 0.29) is 12.4 Å². The van der Waals surface area contributed by atoms with Gasteiger partial charge in [-0.3, -0.25) is 0 Å². The van der Waals surface area contributed by atoms with Gasteiger partial charge in [0.2, 0.25) is 5.16 Å². The molecule has 0 radical (unpaired) electrons. The molecule has 7 nitrogen and oxygen atoms in total. The average molecular weight is 518 g/mol. The molecule has 0 atom stereocenters. The van der Waals surface area contributed by atoms with Gasteiger partial charge in [0.25, 0.3) is 0 Å². The molecule has 34 heavy (non-hydrogen) atoms. The summed E-state index contributed by atoms with van der Waals surface area (Å²) in [7, 11) is 1.65.